The molecule has 18 heavy (non-hydrogen) atoms. The number of halogens is 2. The van der Waals surface area contributed by atoms with Gasteiger partial charge in [-0.15, -0.1) is 0 Å². The lowest BCUT2D eigenvalue weighted by Gasteiger charge is -2.18. The van der Waals surface area contributed by atoms with Crippen molar-refractivity contribution in [1.29, 1.82) is 0 Å². The van der Waals surface area contributed by atoms with Gasteiger partial charge in [-0.25, -0.2) is 4.39 Å². The molecular formula is C13H18ClFN2O. The molecular weight excluding hydrogens is 255 g/mol. The van der Waals surface area contributed by atoms with E-state index in [-0.39, 0.29) is 5.02 Å². The maximum Gasteiger partial charge on any atom is 0.143 e. The molecule has 0 aromatic heterocycles. The highest BCUT2D eigenvalue weighted by atomic mass is 35.5. The van der Waals surface area contributed by atoms with Gasteiger partial charge in [0.2, 0.25) is 0 Å². The first-order chi connectivity index (χ1) is 8.61. The molecule has 5 heteroatoms. The maximum atomic E-state index is 13.2. The minimum absolute atomic E-state index is 0.0846. The third kappa shape index (κ3) is 2.87. The molecule has 1 aliphatic rings. The first kappa shape index (κ1) is 13.4. The summed E-state index contributed by atoms with van der Waals surface area (Å²) in [6.07, 6.45) is 2.35. The Morgan fingerprint density at radius 2 is 2.33 bits per heavy atom. The summed E-state index contributed by atoms with van der Waals surface area (Å²) in [6, 6.07) is 2.77. The van der Waals surface area contributed by atoms with Crippen LogP contribution in [0.2, 0.25) is 5.02 Å². The van der Waals surface area contributed by atoms with E-state index in [9.17, 15) is 4.39 Å². The predicted molar refractivity (Wildman–Crippen MR) is 72.5 cm³/mol. The molecule has 2 rings (SSSR count). The zero-order valence-electron chi connectivity index (χ0n) is 10.4. The van der Waals surface area contributed by atoms with Crippen LogP contribution in [0, 0.1) is 11.7 Å². The van der Waals surface area contributed by atoms with Gasteiger partial charge in [-0.1, -0.05) is 18.5 Å². The van der Waals surface area contributed by atoms with Crippen molar-refractivity contribution < 1.29 is 9.13 Å². The van der Waals surface area contributed by atoms with Crippen LogP contribution in [-0.2, 0) is 4.74 Å². The molecule has 1 heterocycles. The number of benzene rings is 1. The second-order valence-corrected chi connectivity index (χ2v) is 5.01. The van der Waals surface area contributed by atoms with Crippen LogP contribution in [-0.4, -0.2) is 19.3 Å². The van der Waals surface area contributed by atoms with Crippen molar-refractivity contribution in [2.24, 2.45) is 5.92 Å². The lowest BCUT2D eigenvalue weighted by atomic mass is 9.99. The minimum Gasteiger partial charge on any atom is -0.397 e. The molecule has 0 aliphatic carbocycles. The molecule has 1 aromatic rings. The number of ether oxygens (including phenoxy) is 1. The van der Waals surface area contributed by atoms with Gasteiger partial charge in [0, 0.05) is 25.1 Å². The molecule has 3 nitrogen and oxygen atoms in total. The Kier molecular flexibility index (Phi) is 4.30. The Labute approximate surface area is 111 Å². The summed E-state index contributed by atoms with van der Waals surface area (Å²) >= 11 is 5.74. The first-order valence-corrected chi connectivity index (χ1v) is 6.59. The summed E-state index contributed by atoms with van der Waals surface area (Å²) in [4.78, 5) is 0. The molecule has 0 bridgehead atoms. The molecule has 2 atom stereocenters. The molecule has 0 spiro atoms. The molecule has 0 amide bonds. The van der Waals surface area contributed by atoms with E-state index in [1.165, 1.54) is 12.1 Å². The fraction of sp³-hybridized carbons (Fsp3) is 0.538. The van der Waals surface area contributed by atoms with Crippen molar-refractivity contribution in [3.8, 4) is 0 Å². The van der Waals surface area contributed by atoms with Crippen LogP contribution in [0.5, 0.6) is 0 Å². The van der Waals surface area contributed by atoms with Gasteiger partial charge in [0.15, 0.2) is 0 Å². The van der Waals surface area contributed by atoms with Gasteiger partial charge in [-0.05, 0) is 18.9 Å². The van der Waals surface area contributed by atoms with Crippen molar-refractivity contribution in [2.45, 2.75) is 25.9 Å². The van der Waals surface area contributed by atoms with Crippen molar-refractivity contribution in [3.63, 3.8) is 0 Å². The predicted octanol–water partition coefficient (Wildman–Crippen LogP) is 3.29. The van der Waals surface area contributed by atoms with Crippen LogP contribution in [0.1, 0.15) is 19.8 Å². The van der Waals surface area contributed by atoms with Crippen LogP contribution in [0.15, 0.2) is 12.1 Å². The highest BCUT2D eigenvalue weighted by molar-refractivity contribution is 6.31. The summed E-state index contributed by atoms with van der Waals surface area (Å²) in [5, 5.41) is 3.32. The third-order valence-corrected chi connectivity index (χ3v) is 3.69. The Bertz CT molecular complexity index is 428. The van der Waals surface area contributed by atoms with Crippen LogP contribution < -0.4 is 11.1 Å². The molecule has 0 saturated carbocycles. The molecule has 1 aromatic carbocycles. The van der Waals surface area contributed by atoms with E-state index in [4.69, 9.17) is 22.1 Å². The van der Waals surface area contributed by atoms with E-state index in [1.807, 2.05) is 0 Å². The number of rotatable bonds is 4. The van der Waals surface area contributed by atoms with E-state index in [0.29, 0.717) is 23.4 Å². The van der Waals surface area contributed by atoms with Crippen LogP contribution in [0.3, 0.4) is 0 Å². The summed E-state index contributed by atoms with van der Waals surface area (Å²) < 4.78 is 18.8. The number of hydrogen-bond acceptors (Lipinski definition) is 3. The first-order valence-electron chi connectivity index (χ1n) is 6.21. The van der Waals surface area contributed by atoms with Gasteiger partial charge in [0.1, 0.15) is 5.82 Å². The standard InChI is InChI=1S/C13H18ClFN2O/c1-2-13-8(3-4-18-13)7-17-12-5-9(14)10(15)6-11(12)16/h5-6,8,13,17H,2-4,7,16H2,1H3. The SMILES string of the molecule is CCC1OCCC1CNc1cc(Cl)c(F)cc1N. The summed E-state index contributed by atoms with van der Waals surface area (Å²) in [5.41, 5.74) is 6.81. The summed E-state index contributed by atoms with van der Waals surface area (Å²) in [5.74, 6) is -0.0198. The number of nitrogens with two attached hydrogens (primary N) is 1. The molecule has 0 radical (unpaired) electrons. The van der Waals surface area contributed by atoms with Gasteiger partial charge in [-0.3, -0.25) is 0 Å². The fourth-order valence-corrected chi connectivity index (χ4v) is 2.50. The highest BCUT2D eigenvalue weighted by Crippen LogP contribution is 2.28. The quantitative estimate of drug-likeness (QED) is 0.827. The number of nitrogens with one attached hydrogen (secondary N) is 1. The van der Waals surface area contributed by atoms with Crippen LogP contribution in [0.4, 0.5) is 15.8 Å². The molecule has 2 unspecified atom stereocenters. The van der Waals surface area contributed by atoms with Crippen LogP contribution in [0.25, 0.3) is 0 Å². The van der Waals surface area contributed by atoms with Crippen molar-refractivity contribution >= 4 is 23.0 Å². The van der Waals surface area contributed by atoms with E-state index >= 15 is 0 Å². The van der Waals surface area contributed by atoms with E-state index in [2.05, 4.69) is 12.2 Å². The zero-order valence-corrected chi connectivity index (χ0v) is 11.1. The average molecular weight is 273 g/mol. The lowest BCUT2D eigenvalue weighted by Crippen LogP contribution is -2.23. The molecule has 1 fully saturated rings. The normalized spacial score (nSPS) is 23.3. The van der Waals surface area contributed by atoms with Gasteiger partial charge in [0.25, 0.3) is 0 Å². The smallest absolute Gasteiger partial charge is 0.143 e. The fourth-order valence-electron chi connectivity index (χ4n) is 2.33. The number of nitrogen functional groups attached to an aromatic ring is 1. The Hall–Kier alpha value is -1.00. The number of hydrogen-bond donors (Lipinski definition) is 2. The van der Waals surface area contributed by atoms with Crippen LogP contribution >= 0.6 is 11.6 Å². The van der Waals surface area contributed by atoms with E-state index in [0.717, 1.165) is 26.0 Å². The van der Waals surface area contributed by atoms with Gasteiger partial charge in [0.05, 0.1) is 22.5 Å². The van der Waals surface area contributed by atoms with E-state index in [1.54, 1.807) is 0 Å². The Morgan fingerprint density at radius 1 is 1.56 bits per heavy atom. The van der Waals surface area contributed by atoms with Crippen molar-refractivity contribution in [3.05, 3.63) is 23.0 Å². The molecule has 1 saturated heterocycles. The highest BCUT2D eigenvalue weighted by Gasteiger charge is 2.26. The van der Waals surface area contributed by atoms with E-state index < -0.39 is 5.82 Å². The van der Waals surface area contributed by atoms with Gasteiger partial charge >= 0.3 is 0 Å². The minimum atomic E-state index is -0.490. The summed E-state index contributed by atoms with van der Waals surface area (Å²) in [6.45, 7) is 3.70. The third-order valence-electron chi connectivity index (χ3n) is 3.40. The average Bonchev–Trinajstić information content (AvgIpc) is 2.79. The topological polar surface area (TPSA) is 47.3 Å². The Morgan fingerprint density at radius 3 is 3.06 bits per heavy atom. The van der Waals surface area contributed by atoms with Crippen molar-refractivity contribution in [2.75, 3.05) is 24.2 Å². The molecule has 100 valence electrons. The van der Waals surface area contributed by atoms with Crippen molar-refractivity contribution in [1.82, 2.24) is 0 Å². The molecule has 1 aliphatic heterocycles. The number of anilines is 2. The molecule has 3 N–H and O–H groups in total. The second kappa shape index (κ2) is 5.76. The zero-order chi connectivity index (χ0) is 13.1. The van der Waals surface area contributed by atoms with Gasteiger partial charge in [-0.2, -0.15) is 0 Å². The monoisotopic (exact) mass is 272 g/mol. The maximum absolute atomic E-state index is 13.2. The lowest BCUT2D eigenvalue weighted by molar-refractivity contribution is 0.0900. The Balaban J connectivity index is 2.00. The second-order valence-electron chi connectivity index (χ2n) is 4.60. The summed E-state index contributed by atoms with van der Waals surface area (Å²) in [7, 11) is 0. The van der Waals surface area contributed by atoms with Gasteiger partial charge < -0.3 is 15.8 Å². The largest absolute Gasteiger partial charge is 0.397 e.